The summed E-state index contributed by atoms with van der Waals surface area (Å²) in [6, 6.07) is 24.9. The zero-order valence-corrected chi connectivity index (χ0v) is 31.3. The van der Waals surface area contributed by atoms with Crippen LogP contribution in [-0.4, -0.2) is 19.9 Å². The molecule has 49 heavy (non-hydrogen) atoms. The summed E-state index contributed by atoms with van der Waals surface area (Å²) < 4.78 is 0.876. The Morgan fingerprint density at radius 1 is 0.449 bits per heavy atom. The predicted octanol–water partition coefficient (Wildman–Crippen LogP) is 13.2. The van der Waals surface area contributed by atoms with E-state index in [0.29, 0.717) is 23.7 Å². The molecule has 248 valence electrons. The van der Waals surface area contributed by atoms with Crippen LogP contribution < -0.4 is 0 Å². The van der Waals surface area contributed by atoms with E-state index >= 15 is 0 Å². The van der Waals surface area contributed by atoms with Gasteiger partial charge in [0, 0.05) is 33.2 Å². The Bertz CT molecular complexity index is 2100. The lowest BCUT2D eigenvalue weighted by Crippen LogP contribution is -1.96. The van der Waals surface area contributed by atoms with E-state index in [-0.39, 0.29) is 0 Å². The van der Waals surface area contributed by atoms with Crippen molar-refractivity contribution in [1.29, 1.82) is 0 Å². The fraction of sp³-hybridized carbons (Fsp3) is 0.273. The number of hydrogen-bond donors (Lipinski definition) is 2. The van der Waals surface area contributed by atoms with Crippen LogP contribution in [0.1, 0.15) is 124 Å². The SMILES string of the molecule is CC(C)c1cc(-c2c3nc(c(Br)c4nc(c(-c5cc(C(C)C)cc(C(C)C)c5)c5ccc(cc6ccc2[nH]6)[nH]5)C=C4)C=C3)cc(C(C)C)c1. The van der Waals surface area contributed by atoms with Crippen LogP contribution in [0.5, 0.6) is 0 Å². The second-order valence-electron chi connectivity index (χ2n) is 14.7. The number of halogens is 1. The van der Waals surface area contributed by atoms with E-state index < -0.39 is 0 Å². The lowest BCUT2D eigenvalue weighted by Gasteiger charge is -2.15. The number of nitrogens with one attached hydrogen (secondary N) is 2. The summed E-state index contributed by atoms with van der Waals surface area (Å²) in [5.74, 6) is 1.64. The van der Waals surface area contributed by atoms with E-state index in [2.05, 4.69) is 172 Å². The molecule has 5 heterocycles. The molecule has 5 aromatic rings. The molecule has 2 aromatic carbocycles. The van der Waals surface area contributed by atoms with Crippen LogP contribution >= 0.6 is 15.9 Å². The van der Waals surface area contributed by atoms with Crippen LogP contribution in [0.4, 0.5) is 0 Å². The minimum atomic E-state index is 0.411. The van der Waals surface area contributed by atoms with Gasteiger partial charge < -0.3 is 9.97 Å². The van der Waals surface area contributed by atoms with Gasteiger partial charge >= 0.3 is 0 Å². The van der Waals surface area contributed by atoms with Gasteiger partial charge in [-0.15, -0.1) is 0 Å². The zero-order chi connectivity index (χ0) is 34.6. The first-order chi connectivity index (χ1) is 23.4. The summed E-state index contributed by atoms with van der Waals surface area (Å²) >= 11 is 3.93. The number of fused-ring (bicyclic) bond motifs is 8. The molecule has 0 atom stereocenters. The predicted molar refractivity (Wildman–Crippen MR) is 214 cm³/mol. The Labute approximate surface area is 298 Å². The second kappa shape index (κ2) is 13.1. The molecule has 0 saturated heterocycles. The number of aromatic nitrogens is 4. The van der Waals surface area contributed by atoms with E-state index in [1.807, 2.05) is 0 Å². The van der Waals surface area contributed by atoms with E-state index in [1.165, 1.54) is 33.4 Å². The first-order valence-corrected chi connectivity index (χ1v) is 18.3. The Hall–Kier alpha value is -4.48. The van der Waals surface area contributed by atoms with Crippen molar-refractivity contribution in [2.75, 3.05) is 0 Å². The van der Waals surface area contributed by atoms with Crippen molar-refractivity contribution in [2.45, 2.75) is 79.1 Å². The first-order valence-electron chi connectivity index (χ1n) is 17.5. The maximum Gasteiger partial charge on any atom is 0.0801 e. The van der Waals surface area contributed by atoms with Gasteiger partial charge in [0.25, 0.3) is 0 Å². The Morgan fingerprint density at radius 3 is 1.14 bits per heavy atom. The minimum Gasteiger partial charge on any atom is -0.355 e. The van der Waals surface area contributed by atoms with Crippen LogP contribution in [0.15, 0.2) is 71.2 Å². The van der Waals surface area contributed by atoms with Crippen molar-refractivity contribution in [2.24, 2.45) is 0 Å². The van der Waals surface area contributed by atoms with Gasteiger partial charge in [0.1, 0.15) is 0 Å². The number of benzene rings is 2. The highest BCUT2D eigenvalue weighted by atomic mass is 79.9. The van der Waals surface area contributed by atoms with E-state index in [0.717, 1.165) is 60.4 Å². The van der Waals surface area contributed by atoms with Crippen molar-refractivity contribution in [3.05, 3.63) is 116 Å². The molecule has 0 radical (unpaired) electrons. The molecule has 0 aliphatic carbocycles. The average Bonchev–Trinajstić information content (AvgIpc) is 3.90. The van der Waals surface area contributed by atoms with Crippen LogP contribution in [0.2, 0.25) is 0 Å². The number of aromatic amines is 2. The highest BCUT2D eigenvalue weighted by Gasteiger charge is 2.19. The Kier molecular flexibility index (Phi) is 8.83. The Balaban J connectivity index is 1.56. The molecule has 8 bridgehead atoms. The number of nitrogens with zero attached hydrogens (tertiary/aromatic N) is 2. The summed E-state index contributed by atoms with van der Waals surface area (Å²) in [6.45, 7) is 18.1. The van der Waals surface area contributed by atoms with Crippen molar-refractivity contribution in [3.8, 4) is 22.3 Å². The van der Waals surface area contributed by atoms with E-state index in [4.69, 9.17) is 9.97 Å². The van der Waals surface area contributed by atoms with Crippen molar-refractivity contribution < 1.29 is 0 Å². The molecular weight excluding hydrogens is 664 g/mol. The zero-order valence-electron chi connectivity index (χ0n) is 29.7. The van der Waals surface area contributed by atoms with Crippen molar-refractivity contribution in [1.82, 2.24) is 19.9 Å². The lowest BCUT2D eigenvalue weighted by molar-refractivity contribution is 0.834. The maximum atomic E-state index is 5.24. The minimum absolute atomic E-state index is 0.411. The molecule has 7 rings (SSSR count). The highest BCUT2D eigenvalue weighted by Crippen LogP contribution is 2.38. The molecule has 0 amide bonds. The molecular formula is C44H45BrN4. The van der Waals surface area contributed by atoms with Gasteiger partial charge in [-0.2, -0.15) is 0 Å². The van der Waals surface area contributed by atoms with Gasteiger partial charge in [-0.05, 0) is 128 Å². The molecule has 2 aliphatic heterocycles. The molecule has 4 nitrogen and oxygen atoms in total. The number of H-pyrrole nitrogens is 2. The molecule has 2 N–H and O–H groups in total. The summed E-state index contributed by atoms with van der Waals surface area (Å²) in [4.78, 5) is 18.0. The molecule has 0 unspecified atom stereocenters. The third-order valence-corrected chi connectivity index (χ3v) is 10.5. The molecule has 5 heteroatoms. The van der Waals surface area contributed by atoms with Crippen LogP contribution in [-0.2, 0) is 0 Å². The van der Waals surface area contributed by atoms with Crippen molar-refractivity contribution in [3.63, 3.8) is 0 Å². The smallest absolute Gasteiger partial charge is 0.0801 e. The summed E-state index contributed by atoms with van der Waals surface area (Å²) in [6.07, 6.45) is 8.46. The number of rotatable bonds is 6. The normalized spacial score (nSPS) is 12.8. The van der Waals surface area contributed by atoms with Crippen LogP contribution in [0.3, 0.4) is 0 Å². The lowest BCUT2D eigenvalue weighted by atomic mass is 9.90. The molecule has 0 fully saturated rings. The van der Waals surface area contributed by atoms with Crippen LogP contribution in [0.25, 0.3) is 68.6 Å². The van der Waals surface area contributed by atoms with Gasteiger partial charge in [-0.25, -0.2) is 9.97 Å². The fourth-order valence-electron chi connectivity index (χ4n) is 6.69. The quantitative estimate of drug-likeness (QED) is 0.181. The van der Waals surface area contributed by atoms with Gasteiger partial charge in [0.2, 0.25) is 0 Å². The molecule has 0 spiro atoms. The maximum absolute atomic E-state index is 5.24. The number of hydrogen-bond acceptors (Lipinski definition) is 2. The second-order valence-corrected chi connectivity index (χ2v) is 15.5. The molecule has 2 aliphatic rings. The molecule has 3 aromatic heterocycles. The van der Waals surface area contributed by atoms with E-state index in [9.17, 15) is 0 Å². The van der Waals surface area contributed by atoms with Gasteiger partial charge in [0.15, 0.2) is 0 Å². The third-order valence-electron chi connectivity index (χ3n) is 9.71. The standard InChI is InChI=1S/C44H45BrN4/c1-24(2)28-17-29(25(3)4)20-32(19-28)42-36-11-9-34(46-36)23-35-10-12-37(47-35)43(33-21-30(26(5)6)18-31(22-33)27(7)8)39-14-16-41(49-39)44(45)40-15-13-38(42)48-40/h9-27,46-47H,1-8H3. The van der Waals surface area contributed by atoms with Gasteiger partial charge in [0.05, 0.1) is 27.2 Å². The van der Waals surface area contributed by atoms with Gasteiger partial charge in [-0.1, -0.05) is 91.8 Å². The fourth-order valence-corrected chi connectivity index (χ4v) is 7.13. The van der Waals surface area contributed by atoms with Crippen LogP contribution in [0, 0.1) is 0 Å². The highest BCUT2D eigenvalue weighted by molar-refractivity contribution is 9.10. The monoisotopic (exact) mass is 708 g/mol. The largest absolute Gasteiger partial charge is 0.355 e. The summed E-state index contributed by atoms with van der Waals surface area (Å²) in [7, 11) is 0. The summed E-state index contributed by atoms with van der Waals surface area (Å²) in [5.41, 5.74) is 17.5. The third kappa shape index (κ3) is 6.49. The first kappa shape index (κ1) is 33.0. The summed E-state index contributed by atoms with van der Waals surface area (Å²) in [5, 5.41) is 0. The van der Waals surface area contributed by atoms with Crippen molar-refractivity contribution >= 4 is 62.3 Å². The topological polar surface area (TPSA) is 57.4 Å². The van der Waals surface area contributed by atoms with E-state index in [1.54, 1.807) is 0 Å². The Morgan fingerprint density at radius 2 is 0.796 bits per heavy atom. The average molecular weight is 710 g/mol. The van der Waals surface area contributed by atoms with Gasteiger partial charge in [-0.3, -0.25) is 0 Å². The molecule has 0 saturated carbocycles.